The topological polar surface area (TPSA) is 97.0 Å². The molecule has 7 nitrogen and oxygen atoms in total. The van der Waals surface area contributed by atoms with Crippen molar-refractivity contribution < 1.29 is 9.53 Å². The first-order valence-corrected chi connectivity index (χ1v) is 6.07. The number of carbonyl (C=O) groups is 1. The van der Waals surface area contributed by atoms with Gasteiger partial charge in [0.1, 0.15) is 5.69 Å². The van der Waals surface area contributed by atoms with Gasteiger partial charge in [0.2, 0.25) is 0 Å². The van der Waals surface area contributed by atoms with Gasteiger partial charge in [-0.25, -0.2) is 14.7 Å². The number of aryl methyl sites for hydroxylation is 1. The van der Waals surface area contributed by atoms with Crippen molar-refractivity contribution in [2.45, 2.75) is 13.8 Å². The molecule has 1 aromatic carbocycles. The van der Waals surface area contributed by atoms with Crippen molar-refractivity contribution >= 4 is 17.5 Å². The van der Waals surface area contributed by atoms with Crippen molar-refractivity contribution in [3.05, 3.63) is 46.0 Å². The summed E-state index contributed by atoms with van der Waals surface area (Å²) in [5.41, 5.74) is 1.20. The van der Waals surface area contributed by atoms with Crippen molar-refractivity contribution in [1.82, 2.24) is 15.2 Å². The van der Waals surface area contributed by atoms with Crippen molar-refractivity contribution in [3.63, 3.8) is 0 Å². The number of esters is 1. The van der Waals surface area contributed by atoms with Crippen LogP contribution in [0.4, 0.5) is 11.5 Å². The van der Waals surface area contributed by atoms with E-state index < -0.39 is 5.69 Å². The summed E-state index contributed by atoms with van der Waals surface area (Å²) < 4.78 is 4.89. The van der Waals surface area contributed by atoms with Crippen LogP contribution in [-0.4, -0.2) is 27.8 Å². The summed E-state index contributed by atoms with van der Waals surface area (Å²) in [6, 6.07) is 6.68. The zero-order valence-corrected chi connectivity index (χ0v) is 11.1. The van der Waals surface area contributed by atoms with Crippen LogP contribution in [0.3, 0.4) is 0 Å². The maximum atomic E-state index is 11.5. The lowest BCUT2D eigenvalue weighted by molar-refractivity contribution is 0.0526. The number of nitrogens with one attached hydrogen (secondary N) is 2. The zero-order valence-electron chi connectivity index (χ0n) is 11.1. The number of rotatable bonds is 4. The fraction of sp³-hybridized carbons (Fsp3) is 0.231. The van der Waals surface area contributed by atoms with Gasteiger partial charge in [-0.1, -0.05) is 0 Å². The molecule has 0 aliphatic heterocycles. The number of nitrogens with zero attached hydrogens (tertiary/aromatic N) is 2. The number of aromatic amines is 1. The first-order chi connectivity index (χ1) is 9.60. The first kappa shape index (κ1) is 13.7. The van der Waals surface area contributed by atoms with E-state index in [0.717, 1.165) is 0 Å². The lowest BCUT2D eigenvalue weighted by Crippen LogP contribution is -2.15. The fourth-order valence-electron chi connectivity index (χ4n) is 1.55. The third-order valence-corrected chi connectivity index (χ3v) is 2.53. The Kier molecular flexibility index (Phi) is 4.09. The summed E-state index contributed by atoms with van der Waals surface area (Å²) in [6.45, 7) is 3.81. The highest BCUT2D eigenvalue weighted by molar-refractivity contribution is 5.89. The highest BCUT2D eigenvalue weighted by Gasteiger charge is 2.07. The molecule has 7 heteroatoms. The molecule has 0 bridgehead atoms. The fourth-order valence-corrected chi connectivity index (χ4v) is 1.55. The van der Waals surface area contributed by atoms with Gasteiger partial charge in [0.15, 0.2) is 5.82 Å². The minimum absolute atomic E-state index is 0.334. The van der Waals surface area contributed by atoms with Gasteiger partial charge in [-0.15, -0.1) is 0 Å². The predicted molar refractivity (Wildman–Crippen MR) is 73.1 cm³/mol. The van der Waals surface area contributed by atoms with E-state index in [2.05, 4.69) is 20.5 Å². The number of hydrogen-bond donors (Lipinski definition) is 2. The van der Waals surface area contributed by atoms with Gasteiger partial charge >= 0.3 is 11.7 Å². The Hall–Kier alpha value is -2.70. The second-order valence-corrected chi connectivity index (χ2v) is 4.00. The van der Waals surface area contributed by atoms with Gasteiger partial charge in [0.05, 0.1) is 12.2 Å². The molecular weight excluding hydrogens is 260 g/mol. The predicted octanol–water partition coefficient (Wildman–Crippen LogP) is 1.39. The summed E-state index contributed by atoms with van der Waals surface area (Å²) >= 11 is 0. The molecule has 0 amide bonds. The highest BCUT2D eigenvalue weighted by Crippen LogP contribution is 2.16. The van der Waals surface area contributed by atoms with Crippen LogP contribution in [0.15, 0.2) is 29.1 Å². The number of H-pyrrole nitrogens is 1. The van der Waals surface area contributed by atoms with Gasteiger partial charge < -0.3 is 10.1 Å². The molecular formula is C13H14N4O3. The number of ether oxygens (including phenoxy) is 1. The van der Waals surface area contributed by atoms with Crippen molar-refractivity contribution in [2.75, 3.05) is 11.9 Å². The Bertz CT molecular complexity index is 664. The van der Waals surface area contributed by atoms with E-state index in [1.807, 2.05) is 0 Å². The number of aromatic nitrogens is 3. The molecule has 2 N–H and O–H groups in total. The minimum atomic E-state index is -0.527. The number of benzene rings is 1. The Morgan fingerprint density at radius 1 is 1.35 bits per heavy atom. The SMILES string of the molecule is CCOC(=O)c1ccc(Nc2nc(=O)[nH]nc2C)cc1. The standard InChI is InChI=1S/C13H14N4O3/c1-3-20-12(18)9-4-6-10(7-5-9)14-11-8(2)16-17-13(19)15-11/h4-7H,3H2,1-2H3,(H2,14,15,17,19). The Morgan fingerprint density at radius 2 is 2.05 bits per heavy atom. The summed E-state index contributed by atoms with van der Waals surface area (Å²) in [5, 5.41) is 9.02. The first-order valence-electron chi connectivity index (χ1n) is 6.07. The molecule has 0 spiro atoms. The van der Waals surface area contributed by atoms with Crippen LogP contribution in [0.25, 0.3) is 0 Å². The Labute approximate surface area is 115 Å². The monoisotopic (exact) mass is 274 g/mol. The maximum absolute atomic E-state index is 11.5. The van der Waals surface area contributed by atoms with Crippen LogP contribution in [-0.2, 0) is 4.74 Å². The van der Waals surface area contributed by atoms with E-state index in [4.69, 9.17) is 4.74 Å². The molecule has 2 rings (SSSR count). The van der Waals surface area contributed by atoms with E-state index >= 15 is 0 Å². The van der Waals surface area contributed by atoms with E-state index in [1.54, 1.807) is 38.1 Å². The summed E-state index contributed by atoms with van der Waals surface area (Å²) in [7, 11) is 0. The van der Waals surface area contributed by atoms with Crippen LogP contribution in [0, 0.1) is 6.92 Å². The molecule has 0 saturated heterocycles. The van der Waals surface area contributed by atoms with Crippen LogP contribution >= 0.6 is 0 Å². The van der Waals surface area contributed by atoms with Crippen molar-refractivity contribution in [2.24, 2.45) is 0 Å². The molecule has 1 heterocycles. The molecule has 2 aromatic rings. The zero-order chi connectivity index (χ0) is 14.5. The number of carbonyl (C=O) groups excluding carboxylic acids is 1. The normalized spacial score (nSPS) is 10.1. The average Bonchev–Trinajstić information content (AvgIpc) is 2.44. The largest absolute Gasteiger partial charge is 0.462 e. The molecule has 0 saturated carbocycles. The molecule has 104 valence electrons. The Balaban J connectivity index is 2.16. The molecule has 0 radical (unpaired) electrons. The van der Waals surface area contributed by atoms with Crippen LogP contribution in [0.5, 0.6) is 0 Å². The maximum Gasteiger partial charge on any atom is 0.363 e. The second-order valence-electron chi connectivity index (χ2n) is 4.00. The molecule has 0 aliphatic rings. The molecule has 20 heavy (non-hydrogen) atoms. The van der Waals surface area contributed by atoms with Crippen molar-refractivity contribution in [3.8, 4) is 0 Å². The van der Waals surface area contributed by atoms with Crippen molar-refractivity contribution in [1.29, 1.82) is 0 Å². The third kappa shape index (κ3) is 3.19. The summed E-state index contributed by atoms with van der Waals surface area (Å²) in [6.07, 6.45) is 0. The molecule has 0 atom stereocenters. The van der Waals surface area contributed by atoms with Gasteiger partial charge in [-0.05, 0) is 38.1 Å². The number of hydrogen-bond acceptors (Lipinski definition) is 6. The lowest BCUT2D eigenvalue weighted by Gasteiger charge is -2.07. The highest BCUT2D eigenvalue weighted by atomic mass is 16.5. The van der Waals surface area contributed by atoms with E-state index in [1.165, 1.54) is 0 Å². The smallest absolute Gasteiger partial charge is 0.363 e. The van der Waals surface area contributed by atoms with E-state index in [0.29, 0.717) is 29.4 Å². The van der Waals surface area contributed by atoms with Gasteiger partial charge in [-0.2, -0.15) is 10.1 Å². The van der Waals surface area contributed by atoms with Gasteiger partial charge in [0, 0.05) is 5.69 Å². The Morgan fingerprint density at radius 3 is 2.70 bits per heavy atom. The summed E-state index contributed by atoms with van der Waals surface area (Å²) in [5.74, 6) is 0.00353. The van der Waals surface area contributed by atoms with Gasteiger partial charge in [0.25, 0.3) is 0 Å². The van der Waals surface area contributed by atoms with E-state index in [9.17, 15) is 9.59 Å². The summed E-state index contributed by atoms with van der Waals surface area (Å²) in [4.78, 5) is 26.4. The quantitative estimate of drug-likeness (QED) is 0.818. The van der Waals surface area contributed by atoms with E-state index in [-0.39, 0.29) is 5.97 Å². The minimum Gasteiger partial charge on any atom is -0.462 e. The van der Waals surface area contributed by atoms with Crippen LogP contribution in [0.2, 0.25) is 0 Å². The van der Waals surface area contributed by atoms with Crippen LogP contribution < -0.4 is 11.0 Å². The average molecular weight is 274 g/mol. The van der Waals surface area contributed by atoms with Gasteiger partial charge in [-0.3, -0.25) is 0 Å². The second kappa shape index (κ2) is 5.96. The lowest BCUT2D eigenvalue weighted by atomic mass is 10.2. The third-order valence-electron chi connectivity index (χ3n) is 2.53. The molecule has 0 aliphatic carbocycles. The van der Waals surface area contributed by atoms with Crippen LogP contribution in [0.1, 0.15) is 23.0 Å². The molecule has 0 fully saturated rings. The molecule has 0 unspecified atom stereocenters. The number of anilines is 2. The molecule has 1 aromatic heterocycles.